The van der Waals surface area contributed by atoms with Crippen molar-refractivity contribution in [1.29, 1.82) is 0 Å². The number of nitro groups is 1. The summed E-state index contributed by atoms with van der Waals surface area (Å²) in [6, 6.07) is 18.3. The molecule has 146 valence electrons. The van der Waals surface area contributed by atoms with Gasteiger partial charge in [-0.05, 0) is 54.1 Å². The van der Waals surface area contributed by atoms with Crippen LogP contribution in [0.1, 0.15) is 0 Å². The SMILES string of the molecule is O=[N+]([O-])c1ccc2c(c1)c(-c1ccc(F)cc1)c(-c1ccc(F)cc1)n1nccc21. The van der Waals surface area contributed by atoms with Gasteiger partial charge in [-0.1, -0.05) is 12.1 Å². The fourth-order valence-corrected chi connectivity index (χ4v) is 3.78. The third kappa shape index (κ3) is 2.79. The lowest BCUT2D eigenvalue weighted by atomic mass is 9.93. The van der Waals surface area contributed by atoms with Crippen molar-refractivity contribution in [3.8, 4) is 22.4 Å². The van der Waals surface area contributed by atoms with Crippen LogP contribution in [0.25, 0.3) is 38.7 Å². The molecule has 5 nitrogen and oxygen atoms in total. The third-order valence-electron chi connectivity index (χ3n) is 5.10. The minimum absolute atomic E-state index is 0.0558. The van der Waals surface area contributed by atoms with Crippen molar-refractivity contribution in [3.05, 3.63) is 101 Å². The smallest absolute Gasteiger partial charge is 0.258 e. The highest BCUT2D eigenvalue weighted by Crippen LogP contribution is 2.41. The van der Waals surface area contributed by atoms with E-state index in [0.717, 1.165) is 10.9 Å². The van der Waals surface area contributed by atoms with Crippen LogP contribution < -0.4 is 0 Å². The molecule has 0 spiro atoms. The second kappa shape index (κ2) is 6.73. The Bertz CT molecular complexity index is 1430. The normalized spacial score (nSPS) is 11.3. The van der Waals surface area contributed by atoms with Crippen LogP contribution in [-0.4, -0.2) is 14.5 Å². The number of hydrogen-bond acceptors (Lipinski definition) is 3. The highest BCUT2D eigenvalue weighted by molar-refractivity contribution is 6.10. The number of rotatable bonds is 3. The first-order chi connectivity index (χ1) is 14.5. The Hall–Kier alpha value is -4.13. The van der Waals surface area contributed by atoms with Crippen LogP contribution in [-0.2, 0) is 0 Å². The standard InChI is InChI=1S/C23H13F2N3O2/c24-16-5-1-14(2-6-16)22-20-13-18(28(29)30)9-10-19(20)21-11-12-26-27(21)23(22)15-3-7-17(25)8-4-15/h1-13H. The van der Waals surface area contributed by atoms with Gasteiger partial charge in [0.2, 0.25) is 0 Å². The number of pyridine rings is 1. The van der Waals surface area contributed by atoms with Crippen molar-refractivity contribution in [3.63, 3.8) is 0 Å². The highest BCUT2D eigenvalue weighted by Gasteiger charge is 2.20. The van der Waals surface area contributed by atoms with Crippen LogP contribution in [0, 0.1) is 21.7 Å². The quantitative estimate of drug-likeness (QED) is 0.275. The van der Waals surface area contributed by atoms with Crippen molar-refractivity contribution >= 4 is 22.0 Å². The molecule has 5 aromatic rings. The molecule has 5 rings (SSSR count). The van der Waals surface area contributed by atoms with Gasteiger partial charge in [-0.2, -0.15) is 5.10 Å². The fraction of sp³-hybridized carbons (Fsp3) is 0. The van der Waals surface area contributed by atoms with Crippen molar-refractivity contribution in [2.45, 2.75) is 0 Å². The van der Waals surface area contributed by atoms with Gasteiger partial charge in [-0.15, -0.1) is 0 Å². The number of halogens is 2. The van der Waals surface area contributed by atoms with Crippen molar-refractivity contribution in [1.82, 2.24) is 9.61 Å². The Kier molecular flexibility index (Phi) is 4.03. The lowest BCUT2D eigenvalue weighted by molar-refractivity contribution is -0.384. The number of nitro benzene ring substituents is 1. The van der Waals surface area contributed by atoms with Gasteiger partial charge >= 0.3 is 0 Å². The van der Waals surface area contributed by atoms with Crippen LogP contribution >= 0.6 is 0 Å². The summed E-state index contributed by atoms with van der Waals surface area (Å²) >= 11 is 0. The van der Waals surface area contributed by atoms with E-state index in [9.17, 15) is 18.9 Å². The van der Waals surface area contributed by atoms with E-state index in [1.165, 1.54) is 36.4 Å². The van der Waals surface area contributed by atoms with E-state index in [4.69, 9.17) is 0 Å². The second-order valence-electron chi connectivity index (χ2n) is 6.85. The monoisotopic (exact) mass is 401 g/mol. The van der Waals surface area contributed by atoms with Gasteiger partial charge in [0.15, 0.2) is 0 Å². The number of non-ortho nitro benzene ring substituents is 1. The van der Waals surface area contributed by atoms with E-state index in [1.807, 2.05) is 6.07 Å². The maximum absolute atomic E-state index is 13.6. The zero-order valence-corrected chi connectivity index (χ0v) is 15.4. The number of fused-ring (bicyclic) bond motifs is 3. The topological polar surface area (TPSA) is 60.4 Å². The Morgan fingerprint density at radius 3 is 2.07 bits per heavy atom. The van der Waals surface area contributed by atoms with E-state index >= 15 is 0 Å². The summed E-state index contributed by atoms with van der Waals surface area (Å²) < 4.78 is 28.9. The molecule has 0 radical (unpaired) electrons. The Morgan fingerprint density at radius 2 is 1.43 bits per heavy atom. The average Bonchev–Trinajstić information content (AvgIpc) is 3.23. The number of aromatic nitrogens is 2. The molecule has 0 saturated heterocycles. The summed E-state index contributed by atoms with van der Waals surface area (Å²) in [5.74, 6) is -0.771. The summed E-state index contributed by atoms with van der Waals surface area (Å²) in [7, 11) is 0. The third-order valence-corrected chi connectivity index (χ3v) is 5.10. The summed E-state index contributed by atoms with van der Waals surface area (Å²) in [6.07, 6.45) is 1.64. The first-order valence-electron chi connectivity index (χ1n) is 9.12. The molecule has 0 atom stereocenters. The van der Waals surface area contributed by atoms with E-state index in [0.29, 0.717) is 27.8 Å². The van der Waals surface area contributed by atoms with Crippen LogP contribution in [0.2, 0.25) is 0 Å². The Labute approximate surface area is 169 Å². The predicted molar refractivity (Wildman–Crippen MR) is 110 cm³/mol. The summed E-state index contributed by atoms with van der Waals surface area (Å²) in [6.45, 7) is 0. The molecule has 3 aromatic carbocycles. The highest BCUT2D eigenvalue weighted by atomic mass is 19.1. The van der Waals surface area contributed by atoms with Gasteiger partial charge in [0.05, 0.1) is 22.3 Å². The molecule has 0 fully saturated rings. The predicted octanol–water partition coefficient (Wildman–Crippen LogP) is 6.01. The first-order valence-corrected chi connectivity index (χ1v) is 9.12. The molecular formula is C23H13F2N3O2. The number of benzene rings is 3. The first kappa shape index (κ1) is 17.9. The van der Waals surface area contributed by atoms with Gasteiger partial charge < -0.3 is 0 Å². The molecule has 0 unspecified atom stereocenters. The lowest BCUT2D eigenvalue weighted by Gasteiger charge is -2.17. The van der Waals surface area contributed by atoms with Gasteiger partial charge in [0, 0.05) is 34.0 Å². The van der Waals surface area contributed by atoms with E-state index in [1.54, 1.807) is 41.0 Å². The largest absolute Gasteiger partial charge is 0.270 e. The van der Waals surface area contributed by atoms with E-state index in [-0.39, 0.29) is 11.5 Å². The molecule has 0 amide bonds. The van der Waals surface area contributed by atoms with Crippen molar-refractivity contribution in [2.24, 2.45) is 0 Å². The molecule has 2 aromatic heterocycles. The molecule has 30 heavy (non-hydrogen) atoms. The maximum atomic E-state index is 13.6. The zero-order chi connectivity index (χ0) is 20.8. The Balaban J connectivity index is 1.99. The van der Waals surface area contributed by atoms with Crippen LogP contribution in [0.4, 0.5) is 14.5 Å². The maximum Gasteiger partial charge on any atom is 0.270 e. The molecule has 0 aliphatic rings. The van der Waals surface area contributed by atoms with E-state index < -0.39 is 10.7 Å². The van der Waals surface area contributed by atoms with Gasteiger partial charge in [0.1, 0.15) is 11.6 Å². The number of hydrogen-bond donors (Lipinski definition) is 0. The number of nitrogens with zero attached hydrogens (tertiary/aromatic N) is 3. The molecular weight excluding hydrogens is 388 g/mol. The summed E-state index contributed by atoms with van der Waals surface area (Å²) in [5, 5.41) is 17.3. The summed E-state index contributed by atoms with van der Waals surface area (Å²) in [4.78, 5) is 11.0. The second-order valence-corrected chi connectivity index (χ2v) is 6.85. The Morgan fingerprint density at radius 1 is 0.800 bits per heavy atom. The van der Waals surface area contributed by atoms with E-state index in [2.05, 4.69) is 5.10 Å². The van der Waals surface area contributed by atoms with Crippen molar-refractivity contribution < 1.29 is 13.7 Å². The molecule has 0 aliphatic carbocycles. The van der Waals surface area contributed by atoms with Gasteiger partial charge in [-0.3, -0.25) is 10.1 Å². The lowest BCUT2D eigenvalue weighted by Crippen LogP contribution is -2.00. The molecule has 7 heteroatoms. The molecule has 0 bridgehead atoms. The minimum Gasteiger partial charge on any atom is -0.258 e. The van der Waals surface area contributed by atoms with Gasteiger partial charge in [0.25, 0.3) is 5.69 Å². The van der Waals surface area contributed by atoms with Crippen LogP contribution in [0.3, 0.4) is 0 Å². The van der Waals surface area contributed by atoms with Gasteiger partial charge in [-0.25, -0.2) is 13.3 Å². The fourth-order valence-electron chi connectivity index (χ4n) is 3.78. The average molecular weight is 401 g/mol. The van der Waals surface area contributed by atoms with Crippen molar-refractivity contribution in [2.75, 3.05) is 0 Å². The molecule has 0 saturated carbocycles. The summed E-state index contributed by atoms with van der Waals surface area (Å²) in [5.41, 5.74) is 3.33. The zero-order valence-electron chi connectivity index (χ0n) is 15.4. The van der Waals surface area contributed by atoms with Crippen LogP contribution in [0.15, 0.2) is 79.0 Å². The van der Waals surface area contributed by atoms with Crippen LogP contribution in [0.5, 0.6) is 0 Å². The molecule has 0 N–H and O–H groups in total. The minimum atomic E-state index is -0.452. The molecule has 0 aliphatic heterocycles. The molecule has 2 heterocycles.